The molecular weight excluding hydrogens is 176 g/mol. The molecule has 0 aromatic carbocycles. The fourth-order valence-corrected chi connectivity index (χ4v) is 0.951. The number of hydrogen-bond acceptors (Lipinski definition) is 5. The zero-order valence-electron chi connectivity index (χ0n) is 8.01. The van der Waals surface area contributed by atoms with Crippen molar-refractivity contribution >= 4 is 0 Å². The van der Waals surface area contributed by atoms with Gasteiger partial charge in [0, 0.05) is 13.0 Å². The molecule has 0 aliphatic heterocycles. The van der Waals surface area contributed by atoms with Crippen molar-refractivity contribution in [3.63, 3.8) is 0 Å². The highest BCUT2D eigenvalue weighted by molar-refractivity contribution is 4.66. The van der Waals surface area contributed by atoms with E-state index in [1.807, 2.05) is 0 Å². The lowest BCUT2D eigenvalue weighted by atomic mass is 10.1. The third-order valence-corrected chi connectivity index (χ3v) is 1.83. The van der Waals surface area contributed by atoms with Crippen molar-refractivity contribution in [2.45, 2.75) is 19.3 Å². The van der Waals surface area contributed by atoms with Gasteiger partial charge in [-0.3, -0.25) is 0 Å². The molecule has 80 valence electrons. The summed E-state index contributed by atoms with van der Waals surface area (Å²) in [4.78, 5) is 0. The van der Waals surface area contributed by atoms with E-state index in [4.69, 9.17) is 19.7 Å². The molecule has 0 bridgehead atoms. The van der Waals surface area contributed by atoms with Crippen LogP contribution in [0.1, 0.15) is 6.92 Å². The maximum absolute atomic E-state index is 9.25. The van der Waals surface area contributed by atoms with Gasteiger partial charge in [0.25, 0.3) is 0 Å². The van der Waals surface area contributed by atoms with E-state index in [0.717, 1.165) is 0 Å². The van der Waals surface area contributed by atoms with Gasteiger partial charge < -0.3 is 24.8 Å². The minimum absolute atomic E-state index is 0.0954. The number of aliphatic hydroxyl groups excluding tert-OH is 3. The molecule has 0 fully saturated rings. The van der Waals surface area contributed by atoms with Crippen molar-refractivity contribution in [2.75, 3.05) is 26.9 Å². The van der Waals surface area contributed by atoms with Gasteiger partial charge >= 0.3 is 0 Å². The van der Waals surface area contributed by atoms with Gasteiger partial charge in [0.2, 0.25) is 0 Å². The van der Waals surface area contributed by atoms with Crippen LogP contribution in [0.2, 0.25) is 0 Å². The van der Waals surface area contributed by atoms with E-state index in [1.54, 1.807) is 6.92 Å². The van der Waals surface area contributed by atoms with E-state index in [0.29, 0.717) is 0 Å². The van der Waals surface area contributed by atoms with Gasteiger partial charge in [-0.15, -0.1) is 0 Å². The van der Waals surface area contributed by atoms with E-state index in [9.17, 15) is 5.11 Å². The van der Waals surface area contributed by atoms with Crippen LogP contribution in [0.3, 0.4) is 0 Å². The Kier molecular flexibility index (Phi) is 7.12. The average Bonchev–Trinajstić information content (AvgIpc) is 2.17. The number of methoxy groups -OCH3 is 1. The van der Waals surface area contributed by atoms with Crippen LogP contribution in [-0.2, 0) is 9.47 Å². The molecule has 0 rings (SSSR count). The SMILES string of the molecule is CO[C@H](OCCO)[C@@H](C)C(O)CO. The predicted molar refractivity (Wildman–Crippen MR) is 46.1 cm³/mol. The highest BCUT2D eigenvalue weighted by Crippen LogP contribution is 2.12. The van der Waals surface area contributed by atoms with Gasteiger partial charge in [-0.25, -0.2) is 0 Å². The standard InChI is InChI=1S/C8H18O5/c1-6(7(11)5-10)8(12-2)13-4-3-9/h6-11H,3-5H2,1-2H3/t6-,7?,8+/m0/s1. The second kappa shape index (κ2) is 7.23. The van der Waals surface area contributed by atoms with Crippen LogP contribution in [-0.4, -0.2) is 54.6 Å². The summed E-state index contributed by atoms with van der Waals surface area (Å²) >= 11 is 0. The number of hydrogen-bond donors (Lipinski definition) is 3. The van der Waals surface area contributed by atoms with Crippen LogP contribution in [0.4, 0.5) is 0 Å². The molecule has 0 amide bonds. The van der Waals surface area contributed by atoms with Gasteiger partial charge in [-0.05, 0) is 0 Å². The predicted octanol–water partition coefficient (Wildman–Crippen LogP) is -1.04. The fraction of sp³-hybridized carbons (Fsp3) is 1.00. The topological polar surface area (TPSA) is 79.2 Å². The Morgan fingerprint density at radius 3 is 2.31 bits per heavy atom. The van der Waals surface area contributed by atoms with Crippen LogP contribution < -0.4 is 0 Å². The lowest BCUT2D eigenvalue weighted by Gasteiger charge is -2.25. The highest BCUT2D eigenvalue weighted by Gasteiger charge is 2.23. The molecule has 0 heterocycles. The Morgan fingerprint density at radius 1 is 1.31 bits per heavy atom. The van der Waals surface area contributed by atoms with Crippen molar-refractivity contribution in [1.29, 1.82) is 0 Å². The molecule has 13 heavy (non-hydrogen) atoms. The molecule has 0 saturated carbocycles. The van der Waals surface area contributed by atoms with Gasteiger partial charge in [0.15, 0.2) is 6.29 Å². The molecule has 5 heteroatoms. The van der Waals surface area contributed by atoms with Gasteiger partial charge in [-0.1, -0.05) is 6.92 Å². The van der Waals surface area contributed by atoms with E-state index in [-0.39, 0.29) is 25.7 Å². The summed E-state index contributed by atoms with van der Waals surface area (Å²) < 4.78 is 10.0. The molecule has 1 unspecified atom stereocenters. The van der Waals surface area contributed by atoms with Crippen molar-refractivity contribution in [1.82, 2.24) is 0 Å². The Morgan fingerprint density at radius 2 is 1.92 bits per heavy atom. The Balaban J connectivity index is 3.90. The fourth-order valence-electron chi connectivity index (χ4n) is 0.951. The summed E-state index contributed by atoms with van der Waals surface area (Å²) in [6, 6.07) is 0. The van der Waals surface area contributed by atoms with Crippen molar-refractivity contribution < 1.29 is 24.8 Å². The summed E-state index contributed by atoms with van der Waals surface area (Å²) in [6.07, 6.45) is -1.47. The largest absolute Gasteiger partial charge is 0.394 e. The second-order valence-electron chi connectivity index (χ2n) is 2.81. The first-order valence-electron chi connectivity index (χ1n) is 4.21. The third-order valence-electron chi connectivity index (χ3n) is 1.83. The summed E-state index contributed by atoms with van der Waals surface area (Å²) in [5.74, 6) is -0.332. The molecule has 0 aromatic rings. The first kappa shape index (κ1) is 12.8. The molecule has 0 saturated heterocycles. The monoisotopic (exact) mass is 194 g/mol. The maximum Gasteiger partial charge on any atom is 0.162 e. The molecule has 0 spiro atoms. The summed E-state index contributed by atoms with van der Waals surface area (Å²) in [6.45, 7) is 1.43. The minimum atomic E-state index is -0.872. The quantitative estimate of drug-likeness (QED) is 0.451. The minimum Gasteiger partial charge on any atom is -0.394 e. The van der Waals surface area contributed by atoms with Crippen LogP contribution in [0, 0.1) is 5.92 Å². The Labute approximate surface area is 77.9 Å². The smallest absolute Gasteiger partial charge is 0.162 e. The van der Waals surface area contributed by atoms with Crippen LogP contribution >= 0.6 is 0 Å². The van der Waals surface area contributed by atoms with Gasteiger partial charge in [0.05, 0.1) is 25.9 Å². The number of rotatable bonds is 7. The maximum atomic E-state index is 9.25. The van der Waals surface area contributed by atoms with Gasteiger partial charge in [0.1, 0.15) is 0 Å². The summed E-state index contributed by atoms with van der Waals surface area (Å²) in [7, 11) is 1.45. The second-order valence-corrected chi connectivity index (χ2v) is 2.81. The van der Waals surface area contributed by atoms with Crippen LogP contribution in [0.15, 0.2) is 0 Å². The number of ether oxygens (including phenoxy) is 2. The Hall–Kier alpha value is -0.200. The van der Waals surface area contributed by atoms with E-state index in [1.165, 1.54) is 7.11 Å². The van der Waals surface area contributed by atoms with E-state index < -0.39 is 12.4 Å². The molecule has 0 aliphatic carbocycles. The lowest BCUT2D eigenvalue weighted by molar-refractivity contribution is -0.179. The molecule has 0 aromatic heterocycles. The molecule has 5 nitrogen and oxygen atoms in total. The molecular formula is C8H18O5. The lowest BCUT2D eigenvalue weighted by Crippen LogP contribution is -2.35. The molecule has 3 N–H and O–H groups in total. The van der Waals surface area contributed by atoms with Crippen molar-refractivity contribution in [3.8, 4) is 0 Å². The third kappa shape index (κ3) is 4.54. The number of aliphatic hydroxyl groups is 3. The average molecular weight is 194 g/mol. The zero-order chi connectivity index (χ0) is 10.3. The first-order valence-corrected chi connectivity index (χ1v) is 4.21. The Bertz CT molecular complexity index is 119. The summed E-state index contributed by atoms with van der Waals surface area (Å²) in [5.41, 5.74) is 0. The van der Waals surface area contributed by atoms with E-state index in [2.05, 4.69) is 0 Å². The van der Waals surface area contributed by atoms with Crippen LogP contribution in [0.25, 0.3) is 0 Å². The molecule has 3 atom stereocenters. The highest BCUT2D eigenvalue weighted by atomic mass is 16.7. The van der Waals surface area contributed by atoms with E-state index >= 15 is 0 Å². The molecule has 0 aliphatic rings. The van der Waals surface area contributed by atoms with Gasteiger partial charge in [-0.2, -0.15) is 0 Å². The summed E-state index contributed by atoms with van der Waals surface area (Å²) in [5, 5.41) is 26.4. The zero-order valence-corrected chi connectivity index (χ0v) is 8.01. The normalized spacial score (nSPS) is 18.2. The van der Waals surface area contributed by atoms with Crippen LogP contribution in [0.5, 0.6) is 0 Å². The molecule has 0 radical (unpaired) electrons. The first-order chi connectivity index (χ1) is 6.17. The van der Waals surface area contributed by atoms with Crippen molar-refractivity contribution in [3.05, 3.63) is 0 Å². The van der Waals surface area contributed by atoms with Crippen molar-refractivity contribution in [2.24, 2.45) is 5.92 Å².